The predicted octanol–water partition coefficient (Wildman–Crippen LogP) is 3.44. The first-order valence-corrected chi connectivity index (χ1v) is 10.1. The van der Waals surface area contributed by atoms with Gasteiger partial charge in [-0.15, -0.1) is 0 Å². The lowest BCUT2D eigenvalue weighted by atomic mass is 9.77. The molecule has 0 radical (unpaired) electrons. The van der Waals surface area contributed by atoms with E-state index in [0.29, 0.717) is 12.0 Å². The van der Waals surface area contributed by atoms with Crippen molar-refractivity contribution in [2.45, 2.75) is 50.5 Å². The second-order valence-electron chi connectivity index (χ2n) is 8.16. The van der Waals surface area contributed by atoms with Crippen LogP contribution >= 0.6 is 0 Å². The van der Waals surface area contributed by atoms with E-state index in [1.165, 1.54) is 50.9 Å². The molecule has 140 valence electrons. The lowest BCUT2D eigenvalue weighted by Crippen LogP contribution is -2.29. The summed E-state index contributed by atoms with van der Waals surface area (Å²) in [5.74, 6) is 1.43. The van der Waals surface area contributed by atoms with Gasteiger partial charge >= 0.3 is 0 Å². The highest BCUT2D eigenvalue weighted by Gasteiger charge is 2.30. The normalized spacial score (nSPS) is 24.5. The molecule has 5 nitrogen and oxygen atoms in total. The summed E-state index contributed by atoms with van der Waals surface area (Å²) in [5.41, 5.74) is 9.06. The van der Waals surface area contributed by atoms with Crippen LogP contribution in [0.2, 0.25) is 0 Å². The molecular formula is C21H31N5. The molecule has 0 bridgehead atoms. The molecule has 5 heteroatoms. The third kappa shape index (κ3) is 3.84. The minimum absolute atomic E-state index is 0.559. The minimum atomic E-state index is 0.559. The van der Waals surface area contributed by atoms with Gasteiger partial charge in [0.05, 0.1) is 17.9 Å². The second-order valence-corrected chi connectivity index (χ2v) is 8.16. The van der Waals surface area contributed by atoms with Crippen LogP contribution in [0, 0.1) is 5.92 Å². The lowest BCUT2D eigenvalue weighted by Gasteiger charge is -2.35. The van der Waals surface area contributed by atoms with Gasteiger partial charge in [-0.25, -0.2) is 0 Å². The quantitative estimate of drug-likeness (QED) is 0.864. The van der Waals surface area contributed by atoms with Gasteiger partial charge in [0.25, 0.3) is 0 Å². The van der Waals surface area contributed by atoms with Crippen molar-refractivity contribution in [2.24, 2.45) is 11.7 Å². The molecule has 2 fully saturated rings. The predicted molar refractivity (Wildman–Crippen MR) is 105 cm³/mol. The average molecular weight is 354 g/mol. The van der Waals surface area contributed by atoms with Crippen molar-refractivity contribution in [3.63, 3.8) is 0 Å². The van der Waals surface area contributed by atoms with Gasteiger partial charge in [-0.2, -0.15) is 5.10 Å². The van der Waals surface area contributed by atoms with Crippen LogP contribution in [0.25, 0.3) is 11.3 Å². The zero-order valence-electron chi connectivity index (χ0n) is 15.8. The summed E-state index contributed by atoms with van der Waals surface area (Å²) in [5, 5.41) is 4.63. The smallest absolute Gasteiger partial charge is 0.0736 e. The number of pyridine rings is 1. The molecule has 26 heavy (non-hydrogen) atoms. The number of nitrogens with zero attached hydrogens (tertiary/aromatic N) is 4. The second kappa shape index (κ2) is 7.89. The van der Waals surface area contributed by atoms with E-state index < -0.39 is 0 Å². The van der Waals surface area contributed by atoms with Crippen LogP contribution in [0.4, 0.5) is 0 Å². The van der Waals surface area contributed by atoms with Crippen molar-refractivity contribution in [3.8, 4) is 11.3 Å². The summed E-state index contributed by atoms with van der Waals surface area (Å²) >= 11 is 0. The van der Waals surface area contributed by atoms with Gasteiger partial charge in [0.15, 0.2) is 0 Å². The highest BCUT2D eigenvalue weighted by atomic mass is 15.3. The van der Waals surface area contributed by atoms with E-state index in [0.717, 1.165) is 30.1 Å². The van der Waals surface area contributed by atoms with Gasteiger partial charge in [0, 0.05) is 23.4 Å². The van der Waals surface area contributed by atoms with E-state index in [1.807, 2.05) is 6.20 Å². The van der Waals surface area contributed by atoms with Crippen LogP contribution in [0.5, 0.6) is 0 Å². The number of hydrogen-bond donors (Lipinski definition) is 1. The maximum Gasteiger partial charge on any atom is 0.0736 e. The Bertz CT molecular complexity index is 711. The summed E-state index contributed by atoms with van der Waals surface area (Å²) in [6.45, 7) is 3.15. The lowest BCUT2D eigenvalue weighted by molar-refractivity contribution is 0.171. The molecule has 1 aliphatic carbocycles. The molecule has 0 unspecified atom stereocenters. The Morgan fingerprint density at radius 2 is 2.00 bits per heavy atom. The molecule has 2 N–H and O–H groups in total. The molecular weight excluding hydrogens is 322 g/mol. The van der Waals surface area contributed by atoms with E-state index >= 15 is 0 Å². The number of aromatic nitrogens is 3. The highest BCUT2D eigenvalue weighted by molar-refractivity contribution is 5.57. The SMILES string of the molecule is CN1CCC(c2cccc(-c3cnn(C4CC(CCCN)C4)c3)n2)CC1. The zero-order valence-corrected chi connectivity index (χ0v) is 15.8. The van der Waals surface area contributed by atoms with Gasteiger partial charge in [-0.05, 0) is 83.3 Å². The average Bonchev–Trinajstić information content (AvgIpc) is 3.11. The third-order valence-corrected chi connectivity index (χ3v) is 6.21. The Hall–Kier alpha value is -1.72. The van der Waals surface area contributed by atoms with Crippen molar-refractivity contribution in [1.29, 1.82) is 0 Å². The van der Waals surface area contributed by atoms with Gasteiger partial charge in [-0.3, -0.25) is 9.67 Å². The Kier molecular flexibility index (Phi) is 5.36. The van der Waals surface area contributed by atoms with E-state index in [2.05, 4.69) is 46.1 Å². The van der Waals surface area contributed by atoms with Crippen LogP contribution in [-0.4, -0.2) is 46.3 Å². The van der Waals surface area contributed by atoms with E-state index in [9.17, 15) is 0 Å². The maximum atomic E-state index is 5.62. The van der Waals surface area contributed by atoms with E-state index in [4.69, 9.17) is 10.7 Å². The van der Waals surface area contributed by atoms with Crippen molar-refractivity contribution in [2.75, 3.05) is 26.7 Å². The first kappa shape index (κ1) is 17.7. The summed E-state index contributed by atoms with van der Waals surface area (Å²) in [4.78, 5) is 7.38. The number of hydrogen-bond acceptors (Lipinski definition) is 4. The highest BCUT2D eigenvalue weighted by Crippen LogP contribution is 2.40. The maximum absolute atomic E-state index is 5.62. The van der Waals surface area contributed by atoms with Crippen LogP contribution in [-0.2, 0) is 0 Å². The van der Waals surface area contributed by atoms with Crippen molar-refractivity contribution in [3.05, 3.63) is 36.3 Å². The first-order chi connectivity index (χ1) is 12.7. The topological polar surface area (TPSA) is 60.0 Å². The number of piperidine rings is 1. The Balaban J connectivity index is 1.41. The van der Waals surface area contributed by atoms with Crippen LogP contribution in [0.3, 0.4) is 0 Å². The minimum Gasteiger partial charge on any atom is -0.330 e. The van der Waals surface area contributed by atoms with Gasteiger partial charge in [0.2, 0.25) is 0 Å². The fraction of sp³-hybridized carbons (Fsp3) is 0.619. The number of likely N-dealkylation sites (tertiary alicyclic amines) is 1. The Labute approximate surface area is 156 Å². The fourth-order valence-electron chi connectivity index (χ4n) is 4.37. The molecule has 4 rings (SSSR count). The standard InChI is InChI=1S/C21H31N5/c1-25-10-7-17(8-11-25)20-5-2-6-21(24-20)18-14-23-26(15-18)19-12-16(13-19)4-3-9-22/h2,5-6,14-17,19H,3-4,7-13,22H2,1H3. The molecule has 3 heterocycles. The zero-order chi connectivity index (χ0) is 17.9. The molecule has 0 atom stereocenters. The number of rotatable bonds is 6. The van der Waals surface area contributed by atoms with Crippen LogP contribution in [0.1, 0.15) is 56.2 Å². The molecule has 2 aromatic heterocycles. The Morgan fingerprint density at radius 3 is 2.77 bits per heavy atom. The molecule has 1 saturated heterocycles. The molecule has 1 saturated carbocycles. The molecule has 2 aliphatic rings. The molecule has 0 aromatic carbocycles. The van der Waals surface area contributed by atoms with E-state index in [-0.39, 0.29) is 0 Å². The first-order valence-electron chi connectivity index (χ1n) is 10.1. The molecule has 1 aliphatic heterocycles. The summed E-state index contributed by atoms with van der Waals surface area (Å²) in [7, 11) is 2.20. The third-order valence-electron chi connectivity index (χ3n) is 6.21. The molecule has 0 amide bonds. The summed E-state index contributed by atoms with van der Waals surface area (Å²) < 4.78 is 2.15. The Morgan fingerprint density at radius 1 is 1.19 bits per heavy atom. The van der Waals surface area contributed by atoms with Gasteiger partial charge in [-0.1, -0.05) is 6.07 Å². The van der Waals surface area contributed by atoms with Gasteiger partial charge in [0.1, 0.15) is 0 Å². The van der Waals surface area contributed by atoms with Crippen LogP contribution in [0.15, 0.2) is 30.6 Å². The van der Waals surface area contributed by atoms with E-state index in [1.54, 1.807) is 0 Å². The largest absolute Gasteiger partial charge is 0.330 e. The van der Waals surface area contributed by atoms with Crippen molar-refractivity contribution in [1.82, 2.24) is 19.7 Å². The summed E-state index contributed by atoms with van der Waals surface area (Å²) in [6, 6.07) is 7.02. The summed E-state index contributed by atoms with van der Waals surface area (Å²) in [6.07, 6.45) is 11.5. The van der Waals surface area contributed by atoms with Crippen molar-refractivity contribution >= 4 is 0 Å². The fourth-order valence-corrected chi connectivity index (χ4v) is 4.37. The monoisotopic (exact) mass is 353 g/mol. The van der Waals surface area contributed by atoms with Crippen LogP contribution < -0.4 is 5.73 Å². The molecule has 2 aromatic rings. The number of nitrogens with two attached hydrogens (primary N) is 1. The molecule has 0 spiro atoms. The van der Waals surface area contributed by atoms with Gasteiger partial charge < -0.3 is 10.6 Å². The van der Waals surface area contributed by atoms with Crippen molar-refractivity contribution < 1.29 is 0 Å².